The molecule has 0 radical (unpaired) electrons. The Morgan fingerprint density at radius 1 is 0.950 bits per heavy atom. The fourth-order valence-electron chi connectivity index (χ4n) is 1.70. The number of carbonyl (C=O) groups is 1. The van der Waals surface area contributed by atoms with Crippen molar-refractivity contribution in [3.8, 4) is 0 Å². The third-order valence-corrected chi connectivity index (χ3v) is 2.91. The van der Waals surface area contributed by atoms with Crippen molar-refractivity contribution in [1.82, 2.24) is 0 Å². The Hall–Kier alpha value is -2.49. The fourth-order valence-corrected chi connectivity index (χ4v) is 1.70. The number of benzene rings is 2. The van der Waals surface area contributed by atoms with E-state index in [9.17, 15) is 4.79 Å². The van der Waals surface area contributed by atoms with Crippen LogP contribution in [0.25, 0.3) is 0 Å². The van der Waals surface area contributed by atoms with Gasteiger partial charge in [-0.25, -0.2) is 4.79 Å². The van der Waals surface area contributed by atoms with E-state index in [1.54, 1.807) is 24.3 Å². The number of hydrogen-bond donors (Lipinski definition) is 0. The highest BCUT2D eigenvalue weighted by molar-refractivity contribution is 5.89. The van der Waals surface area contributed by atoms with Crippen LogP contribution in [0.1, 0.15) is 22.8 Å². The van der Waals surface area contributed by atoms with Crippen LogP contribution in [0.2, 0.25) is 0 Å². The van der Waals surface area contributed by atoms with Gasteiger partial charge < -0.3 is 4.74 Å². The molecule has 0 aromatic heterocycles. The van der Waals surface area contributed by atoms with E-state index in [0.29, 0.717) is 11.3 Å². The van der Waals surface area contributed by atoms with E-state index >= 15 is 0 Å². The zero-order valence-electron chi connectivity index (χ0n) is 11.5. The first-order valence-electron chi connectivity index (χ1n) is 6.42. The maximum absolute atomic E-state index is 11.3. The summed E-state index contributed by atoms with van der Waals surface area (Å²) in [6.07, 6.45) is 1.01. The molecule has 0 unspecified atom stereocenters. The average molecular weight is 268 g/mol. The smallest absolute Gasteiger partial charge is 0.337 e. The topological polar surface area (TPSA) is 51.0 Å². The molecule has 2 rings (SSSR count). The second-order valence-electron chi connectivity index (χ2n) is 4.26. The SMILES string of the molecule is CCc1ccc(N=Nc2ccc(C(=O)OC)cc2)cc1. The first-order valence-corrected chi connectivity index (χ1v) is 6.42. The summed E-state index contributed by atoms with van der Waals surface area (Å²) in [7, 11) is 1.36. The van der Waals surface area contributed by atoms with Gasteiger partial charge in [0.05, 0.1) is 24.0 Å². The van der Waals surface area contributed by atoms with Crippen LogP contribution in [-0.2, 0) is 11.2 Å². The maximum atomic E-state index is 11.3. The Labute approximate surface area is 118 Å². The zero-order chi connectivity index (χ0) is 14.4. The van der Waals surface area contributed by atoms with E-state index in [1.165, 1.54) is 12.7 Å². The van der Waals surface area contributed by atoms with Gasteiger partial charge in [0, 0.05) is 0 Å². The minimum Gasteiger partial charge on any atom is -0.465 e. The highest BCUT2D eigenvalue weighted by Crippen LogP contribution is 2.19. The Morgan fingerprint density at radius 3 is 1.90 bits per heavy atom. The molecule has 2 aromatic rings. The predicted octanol–water partition coefficient (Wildman–Crippen LogP) is 4.45. The Kier molecular flexibility index (Phi) is 4.60. The van der Waals surface area contributed by atoms with E-state index in [-0.39, 0.29) is 5.97 Å². The first kappa shape index (κ1) is 13.9. The number of nitrogens with zero attached hydrogens (tertiary/aromatic N) is 2. The quantitative estimate of drug-likeness (QED) is 0.607. The zero-order valence-corrected chi connectivity index (χ0v) is 11.5. The number of rotatable bonds is 4. The highest BCUT2D eigenvalue weighted by Gasteiger charge is 2.03. The minimum absolute atomic E-state index is 0.358. The molecule has 0 heterocycles. The van der Waals surface area contributed by atoms with E-state index in [1.807, 2.05) is 24.3 Å². The van der Waals surface area contributed by atoms with Crippen molar-refractivity contribution in [2.24, 2.45) is 10.2 Å². The summed E-state index contributed by atoms with van der Waals surface area (Å²) in [6, 6.07) is 14.7. The molecule has 0 atom stereocenters. The van der Waals surface area contributed by atoms with Crippen LogP contribution in [0.4, 0.5) is 11.4 Å². The standard InChI is InChI=1S/C16H16N2O2/c1-3-12-4-8-14(9-5-12)17-18-15-10-6-13(7-11-15)16(19)20-2/h4-11H,3H2,1-2H3. The summed E-state index contributed by atoms with van der Waals surface area (Å²) in [4.78, 5) is 11.3. The van der Waals surface area contributed by atoms with Crippen molar-refractivity contribution in [2.75, 3.05) is 7.11 Å². The van der Waals surface area contributed by atoms with Gasteiger partial charge in [0.25, 0.3) is 0 Å². The number of carbonyl (C=O) groups excluding carboxylic acids is 1. The molecule has 4 nitrogen and oxygen atoms in total. The number of ether oxygens (including phenoxy) is 1. The van der Waals surface area contributed by atoms with Crippen molar-refractivity contribution >= 4 is 17.3 Å². The molecule has 0 aliphatic heterocycles. The van der Waals surface area contributed by atoms with Crippen molar-refractivity contribution in [1.29, 1.82) is 0 Å². The largest absolute Gasteiger partial charge is 0.465 e. The lowest BCUT2D eigenvalue weighted by Gasteiger charge is -1.99. The van der Waals surface area contributed by atoms with Crippen LogP contribution in [0, 0.1) is 0 Å². The van der Waals surface area contributed by atoms with Crippen LogP contribution in [-0.4, -0.2) is 13.1 Å². The molecular weight excluding hydrogens is 252 g/mol. The molecule has 0 spiro atoms. The second kappa shape index (κ2) is 6.61. The maximum Gasteiger partial charge on any atom is 0.337 e. The van der Waals surface area contributed by atoms with Crippen molar-refractivity contribution in [2.45, 2.75) is 13.3 Å². The van der Waals surface area contributed by atoms with Gasteiger partial charge in [-0.2, -0.15) is 10.2 Å². The lowest BCUT2D eigenvalue weighted by atomic mass is 10.2. The molecule has 0 aliphatic rings. The lowest BCUT2D eigenvalue weighted by Crippen LogP contribution is -1.99. The van der Waals surface area contributed by atoms with E-state index < -0.39 is 0 Å². The van der Waals surface area contributed by atoms with Crippen LogP contribution >= 0.6 is 0 Å². The number of hydrogen-bond acceptors (Lipinski definition) is 4. The van der Waals surface area contributed by atoms with Gasteiger partial charge in [0.1, 0.15) is 0 Å². The molecule has 102 valence electrons. The predicted molar refractivity (Wildman–Crippen MR) is 77.8 cm³/mol. The number of methoxy groups -OCH3 is 1. The van der Waals surface area contributed by atoms with Gasteiger partial charge in [-0.05, 0) is 48.4 Å². The third-order valence-electron chi connectivity index (χ3n) is 2.91. The molecule has 20 heavy (non-hydrogen) atoms. The van der Waals surface area contributed by atoms with Crippen molar-refractivity contribution in [3.63, 3.8) is 0 Å². The van der Waals surface area contributed by atoms with Crippen LogP contribution in [0.3, 0.4) is 0 Å². The molecule has 0 aliphatic carbocycles. The summed E-state index contributed by atoms with van der Waals surface area (Å²) in [6.45, 7) is 2.11. The lowest BCUT2D eigenvalue weighted by molar-refractivity contribution is 0.0601. The summed E-state index contributed by atoms with van der Waals surface area (Å²) < 4.78 is 4.63. The molecule has 0 N–H and O–H groups in total. The number of esters is 1. The summed E-state index contributed by atoms with van der Waals surface area (Å²) >= 11 is 0. The number of aryl methyl sites for hydroxylation is 1. The normalized spacial score (nSPS) is 10.7. The van der Waals surface area contributed by atoms with Gasteiger partial charge in [-0.3, -0.25) is 0 Å². The Balaban J connectivity index is 2.08. The van der Waals surface area contributed by atoms with Crippen LogP contribution < -0.4 is 0 Å². The Morgan fingerprint density at radius 2 is 1.45 bits per heavy atom. The Bertz CT molecular complexity index is 601. The molecule has 2 aromatic carbocycles. The van der Waals surface area contributed by atoms with Gasteiger partial charge in [-0.15, -0.1) is 0 Å². The van der Waals surface area contributed by atoms with Crippen LogP contribution in [0.15, 0.2) is 58.8 Å². The minimum atomic E-state index is -0.358. The van der Waals surface area contributed by atoms with E-state index in [2.05, 4.69) is 21.9 Å². The van der Waals surface area contributed by atoms with E-state index in [0.717, 1.165) is 12.1 Å². The number of azo groups is 1. The molecule has 0 saturated carbocycles. The monoisotopic (exact) mass is 268 g/mol. The molecule has 4 heteroatoms. The van der Waals surface area contributed by atoms with E-state index in [4.69, 9.17) is 0 Å². The third kappa shape index (κ3) is 3.51. The molecule has 0 fully saturated rings. The first-order chi connectivity index (χ1) is 9.72. The van der Waals surface area contributed by atoms with Gasteiger partial charge in [0.2, 0.25) is 0 Å². The van der Waals surface area contributed by atoms with Crippen molar-refractivity contribution in [3.05, 3.63) is 59.7 Å². The summed E-state index contributed by atoms with van der Waals surface area (Å²) in [5, 5.41) is 8.29. The molecule has 0 amide bonds. The fraction of sp³-hybridized carbons (Fsp3) is 0.188. The molecule has 0 bridgehead atoms. The second-order valence-corrected chi connectivity index (χ2v) is 4.26. The molecule has 0 saturated heterocycles. The van der Waals surface area contributed by atoms with Gasteiger partial charge in [-0.1, -0.05) is 19.1 Å². The summed E-state index contributed by atoms with van der Waals surface area (Å²) in [5.41, 5.74) is 3.27. The highest BCUT2D eigenvalue weighted by atomic mass is 16.5. The van der Waals surface area contributed by atoms with Crippen molar-refractivity contribution < 1.29 is 9.53 Å². The van der Waals surface area contributed by atoms with Crippen LogP contribution in [0.5, 0.6) is 0 Å². The summed E-state index contributed by atoms with van der Waals surface area (Å²) in [5.74, 6) is -0.358. The van der Waals surface area contributed by atoms with Gasteiger partial charge >= 0.3 is 5.97 Å². The average Bonchev–Trinajstić information content (AvgIpc) is 2.53. The van der Waals surface area contributed by atoms with Gasteiger partial charge in [0.15, 0.2) is 0 Å². The molecular formula is C16H16N2O2.